The molecule has 2 aliphatic carbocycles. The summed E-state index contributed by atoms with van der Waals surface area (Å²) in [4.78, 5) is 36.3. The molecule has 0 bridgehead atoms. The zero-order valence-corrected chi connectivity index (χ0v) is 15.1. The van der Waals surface area contributed by atoms with Crippen LogP contribution in [0.5, 0.6) is 0 Å². The van der Waals surface area contributed by atoms with Crippen molar-refractivity contribution in [2.45, 2.75) is 39.5 Å². The van der Waals surface area contributed by atoms with E-state index in [1.165, 1.54) is 0 Å². The molecule has 4 N–H and O–H groups in total. The Morgan fingerprint density at radius 3 is 2.37 bits per heavy atom. The number of nitrogens with one attached hydrogen (secondary N) is 1. The first-order chi connectivity index (χ1) is 12.8. The van der Waals surface area contributed by atoms with Gasteiger partial charge in [-0.2, -0.15) is 0 Å². The van der Waals surface area contributed by atoms with Gasteiger partial charge in [-0.3, -0.25) is 14.0 Å². The van der Waals surface area contributed by atoms with E-state index in [9.17, 15) is 29.7 Å². The monoisotopic (exact) mass is 376 g/mol. The van der Waals surface area contributed by atoms with Crippen LogP contribution in [0, 0.1) is 5.92 Å². The lowest BCUT2D eigenvalue weighted by atomic mass is 9.97. The van der Waals surface area contributed by atoms with Crippen molar-refractivity contribution in [3.8, 4) is 0 Å². The first-order valence-corrected chi connectivity index (χ1v) is 8.69. The molecule has 1 amide bonds. The van der Waals surface area contributed by atoms with Crippen LogP contribution in [0.2, 0.25) is 0 Å². The molecule has 0 saturated carbocycles. The fourth-order valence-corrected chi connectivity index (χ4v) is 2.67. The largest absolute Gasteiger partial charge is 0.621 e. The minimum Gasteiger partial charge on any atom is -0.507 e. The summed E-state index contributed by atoms with van der Waals surface area (Å²) in [5.74, 6) is -4.37. The lowest BCUT2D eigenvalue weighted by Crippen LogP contribution is -2.36. The molecule has 0 fully saturated rings. The molecular formula is C19H22NO7+. The number of hydrogen-bond donors (Lipinski definition) is 4. The fraction of sp³-hybridized carbons (Fsp3) is 0.368. The maximum Gasteiger partial charge on any atom is 0.621 e. The predicted octanol–water partition coefficient (Wildman–Crippen LogP) is 2.13. The van der Waals surface area contributed by atoms with Gasteiger partial charge >= 0.3 is 11.8 Å². The van der Waals surface area contributed by atoms with Crippen LogP contribution in [0.3, 0.4) is 0 Å². The minimum absolute atomic E-state index is 0.156. The number of carbonyl (C=O) groups is 3. The lowest BCUT2D eigenvalue weighted by Gasteiger charge is -2.16. The molecule has 27 heavy (non-hydrogen) atoms. The van der Waals surface area contributed by atoms with Crippen LogP contribution < -0.4 is 5.32 Å². The van der Waals surface area contributed by atoms with Gasteiger partial charge in [-0.05, 0) is 12.8 Å². The second-order valence-electron chi connectivity index (χ2n) is 6.24. The highest BCUT2D eigenvalue weighted by Gasteiger charge is 2.39. The van der Waals surface area contributed by atoms with Gasteiger partial charge < -0.3 is 20.6 Å². The van der Waals surface area contributed by atoms with E-state index in [1.54, 1.807) is 0 Å². The average Bonchev–Trinajstić information content (AvgIpc) is 2.58. The number of unbranched alkanes of at least 4 members (excludes halogenated alkanes) is 1. The van der Waals surface area contributed by atoms with Gasteiger partial charge in [0.05, 0.1) is 4.79 Å². The van der Waals surface area contributed by atoms with Gasteiger partial charge in [0.15, 0.2) is 11.5 Å². The topological polar surface area (TPSA) is 135 Å². The number of ketones is 2. The zero-order chi connectivity index (χ0) is 20.1. The summed E-state index contributed by atoms with van der Waals surface area (Å²) < 4.78 is 5.01. The molecule has 0 heterocycles. The van der Waals surface area contributed by atoms with Crippen molar-refractivity contribution in [3.63, 3.8) is 0 Å². The third kappa shape index (κ3) is 4.52. The second-order valence-corrected chi connectivity index (χ2v) is 6.24. The standard InChI is InChI=1S/C19H21NO7/c1-3-5-6-10(4-2)18(25)20-12-7-11(21)8-15(24)17(12)27-19(26)16-13(22)9-14(16)23/h7-10H,3-6H2,1-2H3,(H3-,20,21,22,23,24,25,26)/p+1. The van der Waals surface area contributed by atoms with Crippen molar-refractivity contribution < 1.29 is 34.1 Å². The number of carbonyl (C=O) groups excluding carboxylic acids is 4. The van der Waals surface area contributed by atoms with E-state index in [2.05, 4.69) is 5.32 Å². The normalized spacial score (nSPS) is 19.1. The summed E-state index contributed by atoms with van der Waals surface area (Å²) in [6, 6.07) is 0. The van der Waals surface area contributed by atoms with Gasteiger partial charge in [0.25, 0.3) is 0 Å². The van der Waals surface area contributed by atoms with Crippen molar-refractivity contribution in [3.05, 3.63) is 46.8 Å². The molecule has 0 spiro atoms. The van der Waals surface area contributed by atoms with Crippen molar-refractivity contribution in [2.75, 3.05) is 0 Å². The van der Waals surface area contributed by atoms with E-state index >= 15 is 0 Å². The van der Waals surface area contributed by atoms with Crippen molar-refractivity contribution in [1.82, 2.24) is 5.32 Å². The molecule has 0 aliphatic heterocycles. The van der Waals surface area contributed by atoms with Gasteiger partial charge in [0, 0.05) is 24.1 Å². The van der Waals surface area contributed by atoms with E-state index in [1.807, 2.05) is 13.8 Å². The number of aliphatic hydroxyl groups is 3. The maximum atomic E-state index is 12.5. The van der Waals surface area contributed by atoms with Crippen LogP contribution in [0.15, 0.2) is 46.8 Å². The Kier molecular flexibility index (Phi) is 6.33. The second kappa shape index (κ2) is 8.48. The molecule has 2 rings (SSSR count). The quantitative estimate of drug-likeness (QED) is 0.397. The zero-order valence-electron chi connectivity index (χ0n) is 15.1. The molecule has 0 radical (unpaired) electrons. The van der Waals surface area contributed by atoms with Gasteiger partial charge in [-0.25, -0.2) is 0 Å². The van der Waals surface area contributed by atoms with Crippen LogP contribution >= 0.6 is 0 Å². The molecule has 2 aliphatic rings. The average molecular weight is 376 g/mol. The summed E-state index contributed by atoms with van der Waals surface area (Å²) in [7, 11) is 0. The fourth-order valence-electron chi connectivity index (χ4n) is 2.67. The summed E-state index contributed by atoms with van der Waals surface area (Å²) >= 11 is 0. The molecule has 0 saturated heterocycles. The predicted molar refractivity (Wildman–Crippen MR) is 95.6 cm³/mol. The van der Waals surface area contributed by atoms with Crippen LogP contribution in [0.4, 0.5) is 0 Å². The maximum absolute atomic E-state index is 12.5. The Morgan fingerprint density at radius 1 is 1.11 bits per heavy atom. The smallest absolute Gasteiger partial charge is 0.507 e. The molecule has 0 aromatic carbocycles. The van der Waals surface area contributed by atoms with E-state index in [4.69, 9.17) is 4.42 Å². The van der Waals surface area contributed by atoms with E-state index < -0.39 is 40.4 Å². The highest BCUT2D eigenvalue weighted by atomic mass is 16.5. The lowest BCUT2D eigenvalue weighted by molar-refractivity contribution is -0.372. The molecule has 1 atom stereocenters. The number of allylic oxidation sites excluding steroid dienone is 3. The number of rotatable bonds is 7. The van der Waals surface area contributed by atoms with Crippen LogP contribution in [-0.4, -0.2) is 38.8 Å². The third-order valence-corrected chi connectivity index (χ3v) is 4.26. The van der Waals surface area contributed by atoms with Crippen molar-refractivity contribution >= 4 is 23.4 Å². The van der Waals surface area contributed by atoms with E-state index in [0.717, 1.165) is 31.1 Å². The van der Waals surface area contributed by atoms with Crippen LogP contribution in [0.25, 0.3) is 0 Å². The van der Waals surface area contributed by atoms with Crippen LogP contribution in [0.1, 0.15) is 39.5 Å². The Labute approximate surface area is 155 Å². The summed E-state index contributed by atoms with van der Waals surface area (Å²) in [6.45, 7) is 3.87. The number of hydrogen-bond acceptors (Lipinski definition) is 6. The Hall–Kier alpha value is -3.16. The molecular weight excluding hydrogens is 354 g/mol. The molecule has 8 heteroatoms. The van der Waals surface area contributed by atoms with Gasteiger partial charge in [0.1, 0.15) is 17.2 Å². The Balaban J connectivity index is 2.25. The Bertz CT molecular complexity index is 827. The van der Waals surface area contributed by atoms with Gasteiger partial charge in [-0.1, -0.05) is 26.7 Å². The SMILES string of the molecule is CCCCC(CC)C(=O)NC1=CC(=O)C=C(O)C1=[O+]C(=O)C1=C(O)C=C1O. The van der Waals surface area contributed by atoms with E-state index in [-0.39, 0.29) is 17.5 Å². The summed E-state index contributed by atoms with van der Waals surface area (Å²) in [5.41, 5.74) is -0.608. The first-order valence-electron chi connectivity index (χ1n) is 8.69. The van der Waals surface area contributed by atoms with E-state index in [0.29, 0.717) is 12.8 Å². The molecule has 144 valence electrons. The van der Waals surface area contributed by atoms with Gasteiger partial charge in [0.2, 0.25) is 11.5 Å². The number of aliphatic hydroxyl groups excluding tert-OH is 3. The highest BCUT2D eigenvalue weighted by molar-refractivity contribution is 6.21. The van der Waals surface area contributed by atoms with Crippen LogP contribution in [-0.2, 0) is 18.8 Å². The minimum atomic E-state index is -1.13. The van der Waals surface area contributed by atoms with Crippen molar-refractivity contribution in [2.24, 2.45) is 5.92 Å². The highest BCUT2D eigenvalue weighted by Crippen LogP contribution is 2.24. The molecule has 0 aromatic rings. The number of amides is 1. The molecule has 1 unspecified atom stereocenters. The molecule has 8 nitrogen and oxygen atoms in total. The summed E-state index contributed by atoms with van der Waals surface area (Å²) in [5, 5.41) is 31.3. The summed E-state index contributed by atoms with van der Waals surface area (Å²) in [6.07, 6.45) is 5.85. The van der Waals surface area contributed by atoms with Crippen molar-refractivity contribution in [1.29, 1.82) is 0 Å². The first kappa shape index (κ1) is 20.2. The van der Waals surface area contributed by atoms with Gasteiger partial charge in [-0.15, -0.1) is 0 Å². The molecule has 0 aromatic heterocycles. The third-order valence-electron chi connectivity index (χ3n) is 4.26. The Morgan fingerprint density at radius 2 is 1.81 bits per heavy atom.